The van der Waals surface area contributed by atoms with E-state index in [1.807, 2.05) is 0 Å². The lowest BCUT2D eigenvalue weighted by molar-refractivity contribution is 0.627. The highest BCUT2D eigenvalue weighted by Gasteiger charge is 2.12. The number of aromatic nitrogens is 1. The molecule has 1 aromatic heterocycles. The number of rotatable bonds is 2. The summed E-state index contributed by atoms with van der Waals surface area (Å²) >= 11 is 5.76. The van der Waals surface area contributed by atoms with Crippen LogP contribution in [0.2, 0.25) is 5.02 Å². The Kier molecular flexibility index (Phi) is 3.15. The van der Waals surface area contributed by atoms with E-state index in [2.05, 4.69) is 4.98 Å². The van der Waals surface area contributed by atoms with Gasteiger partial charge in [0.15, 0.2) is 5.82 Å². The summed E-state index contributed by atoms with van der Waals surface area (Å²) in [5.41, 5.74) is 6.62. The molecule has 2 aromatic rings. The third-order valence-electron chi connectivity index (χ3n) is 2.39. The molecule has 0 saturated heterocycles. The molecule has 0 atom stereocenters. The lowest BCUT2D eigenvalue weighted by Crippen LogP contribution is -2.14. The highest BCUT2D eigenvalue weighted by atomic mass is 35.5. The molecular weight excluding hydrogens is 241 g/mol. The molecule has 2 N–H and O–H groups in total. The third-order valence-corrected chi connectivity index (χ3v) is 2.60. The van der Waals surface area contributed by atoms with E-state index in [9.17, 15) is 4.39 Å². The van der Waals surface area contributed by atoms with E-state index >= 15 is 0 Å². The number of pyridine rings is 1. The van der Waals surface area contributed by atoms with Crippen LogP contribution >= 0.6 is 11.6 Å². The van der Waals surface area contributed by atoms with Crippen molar-refractivity contribution in [2.24, 2.45) is 0 Å². The number of halogens is 2. The maximum atomic E-state index is 13.6. The summed E-state index contributed by atoms with van der Waals surface area (Å²) in [7, 11) is 1.70. The molecule has 0 aliphatic carbocycles. The number of nitrogens with two attached hydrogens (primary N) is 1. The molecule has 2 rings (SSSR count). The zero-order valence-electron chi connectivity index (χ0n) is 9.19. The van der Waals surface area contributed by atoms with Crippen molar-refractivity contribution in [3.63, 3.8) is 0 Å². The summed E-state index contributed by atoms with van der Waals surface area (Å²) in [5.74, 6) is 0.144. The van der Waals surface area contributed by atoms with Crippen molar-refractivity contribution in [3.05, 3.63) is 47.4 Å². The zero-order chi connectivity index (χ0) is 12.4. The first-order valence-corrected chi connectivity index (χ1v) is 5.36. The predicted molar refractivity (Wildman–Crippen MR) is 68.1 cm³/mol. The summed E-state index contributed by atoms with van der Waals surface area (Å²) in [6, 6.07) is 8.01. The van der Waals surface area contributed by atoms with Gasteiger partial charge in [0.2, 0.25) is 0 Å². The molecule has 3 nitrogen and oxygen atoms in total. The average molecular weight is 252 g/mol. The zero-order valence-corrected chi connectivity index (χ0v) is 9.95. The van der Waals surface area contributed by atoms with Gasteiger partial charge in [0.25, 0.3) is 0 Å². The molecule has 88 valence electrons. The first-order chi connectivity index (χ1) is 8.09. The highest BCUT2D eigenvalue weighted by Crippen LogP contribution is 2.29. The number of hydrogen-bond acceptors (Lipinski definition) is 3. The topological polar surface area (TPSA) is 42.2 Å². The van der Waals surface area contributed by atoms with E-state index in [0.29, 0.717) is 22.2 Å². The van der Waals surface area contributed by atoms with Crippen LogP contribution in [0.25, 0.3) is 0 Å². The summed E-state index contributed by atoms with van der Waals surface area (Å²) in [5, 5.41) is 0.452. The Balaban J connectivity index is 2.44. The fraction of sp³-hybridized carbons (Fsp3) is 0.0833. The molecule has 0 fully saturated rings. The summed E-state index contributed by atoms with van der Waals surface area (Å²) < 4.78 is 13.6. The van der Waals surface area contributed by atoms with E-state index in [4.69, 9.17) is 17.3 Å². The Bertz CT molecular complexity index is 545. The van der Waals surface area contributed by atoms with Gasteiger partial charge in [-0.25, -0.2) is 9.37 Å². The van der Waals surface area contributed by atoms with E-state index in [0.717, 1.165) is 0 Å². The van der Waals surface area contributed by atoms with Crippen molar-refractivity contribution >= 4 is 28.8 Å². The number of nitrogens with zero attached hydrogens (tertiary/aromatic N) is 2. The molecule has 0 spiro atoms. The van der Waals surface area contributed by atoms with Crippen molar-refractivity contribution in [2.45, 2.75) is 0 Å². The number of para-hydroxylation sites is 1. The molecule has 0 saturated carbocycles. The van der Waals surface area contributed by atoms with Crippen molar-refractivity contribution < 1.29 is 4.39 Å². The van der Waals surface area contributed by atoms with Crippen molar-refractivity contribution in [1.82, 2.24) is 4.98 Å². The van der Waals surface area contributed by atoms with Crippen LogP contribution in [0.3, 0.4) is 0 Å². The number of hydrogen-bond donors (Lipinski definition) is 1. The Hall–Kier alpha value is -1.81. The van der Waals surface area contributed by atoms with Crippen LogP contribution in [0.15, 0.2) is 36.5 Å². The normalized spacial score (nSPS) is 10.3. The molecule has 0 bridgehead atoms. The molecule has 1 aromatic carbocycles. The number of benzene rings is 1. The first-order valence-electron chi connectivity index (χ1n) is 4.99. The number of nitrogen functional groups attached to an aromatic ring is 1. The third kappa shape index (κ3) is 2.31. The second-order valence-electron chi connectivity index (χ2n) is 3.58. The van der Waals surface area contributed by atoms with Crippen LogP contribution in [-0.4, -0.2) is 12.0 Å². The molecule has 5 heteroatoms. The second kappa shape index (κ2) is 4.59. The fourth-order valence-electron chi connectivity index (χ4n) is 1.57. The molecule has 0 aliphatic rings. The Morgan fingerprint density at radius 1 is 1.35 bits per heavy atom. The smallest absolute Gasteiger partial charge is 0.156 e. The van der Waals surface area contributed by atoms with Gasteiger partial charge in [0.05, 0.1) is 16.4 Å². The standard InChI is InChI=1S/C12H11ClFN3/c1-17(11-5-3-2-4-9(11)14)12-10(15)6-8(13)7-16-12/h2-7H,15H2,1H3. The van der Waals surface area contributed by atoms with Crippen molar-refractivity contribution in [2.75, 3.05) is 17.7 Å². The monoisotopic (exact) mass is 251 g/mol. The minimum absolute atomic E-state index is 0.328. The van der Waals surface area contributed by atoms with Gasteiger partial charge in [-0.3, -0.25) is 0 Å². The molecule has 0 aliphatic heterocycles. The number of anilines is 3. The van der Waals surface area contributed by atoms with Gasteiger partial charge in [-0.15, -0.1) is 0 Å². The summed E-state index contributed by atoms with van der Waals surface area (Å²) in [4.78, 5) is 5.68. The van der Waals surface area contributed by atoms with Gasteiger partial charge in [0.1, 0.15) is 5.82 Å². The predicted octanol–water partition coefficient (Wildman–Crippen LogP) is 3.22. The van der Waals surface area contributed by atoms with Crippen molar-refractivity contribution in [1.29, 1.82) is 0 Å². The molecular formula is C12H11ClFN3. The van der Waals surface area contributed by atoms with Crippen LogP contribution in [0.5, 0.6) is 0 Å². The largest absolute Gasteiger partial charge is 0.396 e. The first kappa shape index (κ1) is 11.7. The van der Waals surface area contributed by atoms with Crippen LogP contribution in [0, 0.1) is 5.82 Å². The highest BCUT2D eigenvalue weighted by molar-refractivity contribution is 6.30. The van der Waals surface area contributed by atoms with Gasteiger partial charge < -0.3 is 10.6 Å². The lowest BCUT2D eigenvalue weighted by Gasteiger charge is -2.20. The van der Waals surface area contributed by atoms with Gasteiger partial charge >= 0.3 is 0 Å². The lowest BCUT2D eigenvalue weighted by atomic mass is 10.2. The molecule has 1 heterocycles. The van der Waals surface area contributed by atoms with Crippen molar-refractivity contribution in [3.8, 4) is 0 Å². The quantitative estimate of drug-likeness (QED) is 0.891. The van der Waals surface area contributed by atoms with Gasteiger partial charge in [-0.1, -0.05) is 23.7 Å². The van der Waals surface area contributed by atoms with Crippen LogP contribution < -0.4 is 10.6 Å². The van der Waals surface area contributed by atoms with Crippen LogP contribution in [0.1, 0.15) is 0 Å². The van der Waals surface area contributed by atoms with E-state index in [1.54, 1.807) is 36.2 Å². The van der Waals surface area contributed by atoms with E-state index < -0.39 is 0 Å². The van der Waals surface area contributed by atoms with Crippen LogP contribution in [-0.2, 0) is 0 Å². The summed E-state index contributed by atoms with van der Waals surface area (Å²) in [6.45, 7) is 0. The molecule has 0 amide bonds. The van der Waals surface area contributed by atoms with E-state index in [1.165, 1.54) is 12.3 Å². The SMILES string of the molecule is CN(c1ccccc1F)c1ncc(Cl)cc1N. The molecule has 17 heavy (non-hydrogen) atoms. The molecule has 0 radical (unpaired) electrons. The molecule has 0 unspecified atom stereocenters. The Labute approximate surface area is 104 Å². The van der Waals surface area contributed by atoms with E-state index in [-0.39, 0.29) is 5.82 Å². The minimum Gasteiger partial charge on any atom is -0.396 e. The van der Waals surface area contributed by atoms with Gasteiger partial charge in [0, 0.05) is 13.2 Å². The second-order valence-corrected chi connectivity index (χ2v) is 4.01. The summed E-state index contributed by atoms with van der Waals surface area (Å²) in [6.07, 6.45) is 1.48. The minimum atomic E-state index is -0.328. The average Bonchev–Trinajstić information content (AvgIpc) is 2.29. The Morgan fingerprint density at radius 3 is 2.71 bits per heavy atom. The fourth-order valence-corrected chi connectivity index (χ4v) is 1.73. The maximum absolute atomic E-state index is 13.6. The van der Waals surface area contributed by atoms with Gasteiger partial charge in [-0.05, 0) is 18.2 Å². The maximum Gasteiger partial charge on any atom is 0.156 e. The van der Waals surface area contributed by atoms with Crippen LogP contribution in [0.4, 0.5) is 21.6 Å². The Morgan fingerprint density at radius 2 is 2.06 bits per heavy atom. The van der Waals surface area contributed by atoms with Gasteiger partial charge in [-0.2, -0.15) is 0 Å².